The van der Waals surface area contributed by atoms with Gasteiger partial charge in [0.15, 0.2) is 6.29 Å². The summed E-state index contributed by atoms with van der Waals surface area (Å²) in [6.45, 7) is -0.00250. The van der Waals surface area contributed by atoms with E-state index in [0.717, 1.165) is 0 Å². The Bertz CT molecular complexity index is 824. The molecule has 2 aromatic rings. The average molecular weight is 326 g/mol. The molecule has 7 nitrogen and oxygen atoms in total. The molecule has 0 aliphatic heterocycles. The van der Waals surface area contributed by atoms with Crippen LogP contribution in [0, 0.1) is 11.3 Å². The molecule has 0 aliphatic rings. The molecule has 2 aromatic carbocycles. The number of aromatic carboxylic acids is 1. The molecule has 0 unspecified atom stereocenters. The van der Waals surface area contributed by atoms with E-state index in [9.17, 15) is 9.59 Å². The van der Waals surface area contributed by atoms with Crippen molar-refractivity contribution < 1.29 is 24.9 Å². The Morgan fingerprint density at radius 3 is 2.38 bits per heavy atom. The van der Waals surface area contributed by atoms with Gasteiger partial charge in [0, 0.05) is 12.1 Å². The number of aliphatic hydroxyl groups is 2. The first-order valence-corrected chi connectivity index (χ1v) is 6.93. The molecule has 0 saturated carbocycles. The van der Waals surface area contributed by atoms with E-state index in [1.807, 2.05) is 6.07 Å². The summed E-state index contributed by atoms with van der Waals surface area (Å²) in [5.74, 6) is -1.79. The van der Waals surface area contributed by atoms with Gasteiger partial charge in [0.2, 0.25) is 0 Å². The summed E-state index contributed by atoms with van der Waals surface area (Å²) in [5.41, 5.74) is 0.730. The molecule has 7 heteroatoms. The van der Waals surface area contributed by atoms with Crippen LogP contribution in [-0.4, -0.2) is 27.2 Å². The number of hydrogen-bond donors (Lipinski definition) is 4. The molecule has 0 spiro atoms. The van der Waals surface area contributed by atoms with E-state index in [0.29, 0.717) is 5.56 Å². The molecule has 1 amide bonds. The number of carbonyl (C=O) groups excluding carboxylic acids is 1. The van der Waals surface area contributed by atoms with E-state index in [1.54, 1.807) is 6.07 Å². The van der Waals surface area contributed by atoms with Gasteiger partial charge in [-0.1, -0.05) is 24.3 Å². The Morgan fingerprint density at radius 2 is 1.79 bits per heavy atom. The minimum absolute atomic E-state index is 0.00250. The maximum absolute atomic E-state index is 12.2. The molecule has 122 valence electrons. The van der Waals surface area contributed by atoms with E-state index in [-0.39, 0.29) is 28.8 Å². The second kappa shape index (κ2) is 7.37. The molecule has 0 radical (unpaired) electrons. The molecule has 24 heavy (non-hydrogen) atoms. The number of benzene rings is 2. The minimum atomic E-state index is -1.69. The molecular weight excluding hydrogens is 312 g/mol. The van der Waals surface area contributed by atoms with Crippen LogP contribution in [-0.2, 0) is 6.54 Å². The molecule has 0 fully saturated rings. The number of rotatable bonds is 5. The van der Waals surface area contributed by atoms with Gasteiger partial charge in [-0.2, -0.15) is 5.26 Å². The Kier molecular flexibility index (Phi) is 5.27. The third-order valence-electron chi connectivity index (χ3n) is 3.39. The SMILES string of the molecule is N#Cc1cc(C(O)O)ccc1CNC(=O)c1ccccc1C(=O)O. The lowest BCUT2D eigenvalue weighted by Gasteiger charge is -2.10. The number of nitrogens with zero attached hydrogens (tertiary/aromatic N) is 1. The first-order valence-electron chi connectivity index (χ1n) is 6.93. The van der Waals surface area contributed by atoms with E-state index >= 15 is 0 Å². The molecule has 0 aliphatic carbocycles. The number of carboxylic acids is 1. The van der Waals surface area contributed by atoms with Crippen molar-refractivity contribution in [2.24, 2.45) is 0 Å². The van der Waals surface area contributed by atoms with Crippen LogP contribution < -0.4 is 5.32 Å². The van der Waals surface area contributed by atoms with Gasteiger partial charge < -0.3 is 20.6 Å². The van der Waals surface area contributed by atoms with Crippen LogP contribution >= 0.6 is 0 Å². The molecule has 0 heterocycles. The van der Waals surface area contributed by atoms with Crippen molar-refractivity contribution in [3.05, 3.63) is 70.3 Å². The molecule has 2 rings (SSSR count). The van der Waals surface area contributed by atoms with Gasteiger partial charge in [-0.3, -0.25) is 4.79 Å². The van der Waals surface area contributed by atoms with Gasteiger partial charge >= 0.3 is 5.97 Å². The Hall–Kier alpha value is -3.21. The number of amides is 1. The highest BCUT2D eigenvalue weighted by Gasteiger charge is 2.16. The smallest absolute Gasteiger partial charge is 0.336 e. The summed E-state index contributed by atoms with van der Waals surface area (Å²) in [5, 5.41) is 39.0. The number of carbonyl (C=O) groups is 2. The fourth-order valence-corrected chi connectivity index (χ4v) is 2.15. The van der Waals surface area contributed by atoms with Gasteiger partial charge in [0.05, 0.1) is 22.8 Å². The van der Waals surface area contributed by atoms with E-state index in [2.05, 4.69) is 5.32 Å². The fraction of sp³-hybridized carbons (Fsp3) is 0.118. The lowest BCUT2D eigenvalue weighted by atomic mass is 10.0. The van der Waals surface area contributed by atoms with Crippen LogP contribution in [0.2, 0.25) is 0 Å². The van der Waals surface area contributed by atoms with Crippen molar-refractivity contribution in [1.29, 1.82) is 5.26 Å². The molecule has 4 N–H and O–H groups in total. The molecule has 0 saturated heterocycles. The summed E-state index contributed by atoms with van der Waals surface area (Å²) in [7, 11) is 0. The van der Waals surface area contributed by atoms with Crippen LogP contribution in [0.25, 0.3) is 0 Å². The van der Waals surface area contributed by atoms with E-state index in [4.69, 9.17) is 20.6 Å². The number of nitriles is 1. The van der Waals surface area contributed by atoms with Crippen molar-refractivity contribution in [3.8, 4) is 6.07 Å². The topological polar surface area (TPSA) is 131 Å². The van der Waals surface area contributed by atoms with Gasteiger partial charge in [-0.15, -0.1) is 0 Å². The summed E-state index contributed by atoms with van der Waals surface area (Å²) >= 11 is 0. The second-order valence-electron chi connectivity index (χ2n) is 4.94. The summed E-state index contributed by atoms with van der Waals surface area (Å²) in [6, 6.07) is 12.0. The number of carboxylic acid groups (broad SMARTS) is 1. The van der Waals surface area contributed by atoms with Gasteiger partial charge in [0.25, 0.3) is 5.91 Å². The standard InChI is InChI=1S/C17H14N2O5/c18-8-12-7-10(16(21)22)5-6-11(12)9-19-15(20)13-3-1-2-4-14(13)17(23)24/h1-7,16,21-22H,9H2,(H,19,20)(H,23,24). The van der Waals surface area contributed by atoms with Crippen molar-refractivity contribution in [2.45, 2.75) is 12.8 Å². The fourth-order valence-electron chi connectivity index (χ4n) is 2.15. The average Bonchev–Trinajstić information content (AvgIpc) is 2.59. The van der Waals surface area contributed by atoms with Crippen LogP contribution in [0.5, 0.6) is 0 Å². The van der Waals surface area contributed by atoms with Gasteiger partial charge in [-0.25, -0.2) is 4.79 Å². The highest BCUT2D eigenvalue weighted by atomic mass is 16.5. The summed E-state index contributed by atoms with van der Waals surface area (Å²) in [6.07, 6.45) is -1.69. The Morgan fingerprint density at radius 1 is 1.12 bits per heavy atom. The lowest BCUT2D eigenvalue weighted by Crippen LogP contribution is -2.25. The summed E-state index contributed by atoms with van der Waals surface area (Å²) in [4.78, 5) is 23.3. The third kappa shape index (κ3) is 3.76. The molecule has 0 bridgehead atoms. The predicted molar refractivity (Wildman–Crippen MR) is 82.9 cm³/mol. The van der Waals surface area contributed by atoms with Crippen molar-refractivity contribution in [2.75, 3.05) is 0 Å². The molecule has 0 aromatic heterocycles. The largest absolute Gasteiger partial charge is 0.478 e. The van der Waals surface area contributed by atoms with Crippen molar-refractivity contribution >= 4 is 11.9 Å². The normalized spacial score (nSPS) is 10.2. The maximum Gasteiger partial charge on any atom is 0.336 e. The molecular formula is C17H14N2O5. The lowest BCUT2D eigenvalue weighted by molar-refractivity contribution is -0.0425. The highest BCUT2D eigenvalue weighted by Crippen LogP contribution is 2.16. The van der Waals surface area contributed by atoms with Crippen LogP contribution in [0.4, 0.5) is 0 Å². The second-order valence-corrected chi connectivity index (χ2v) is 4.94. The first kappa shape index (κ1) is 17.1. The number of nitrogens with one attached hydrogen (secondary N) is 1. The van der Waals surface area contributed by atoms with Crippen LogP contribution in [0.15, 0.2) is 42.5 Å². The Labute approximate surface area is 137 Å². The maximum atomic E-state index is 12.2. The summed E-state index contributed by atoms with van der Waals surface area (Å²) < 4.78 is 0. The monoisotopic (exact) mass is 326 g/mol. The van der Waals surface area contributed by atoms with Gasteiger partial charge in [-0.05, 0) is 23.8 Å². The van der Waals surface area contributed by atoms with Crippen molar-refractivity contribution in [1.82, 2.24) is 5.32 Å². The zero-order valence-electron chi connectivity index (χ0n) is 12.4. The molecule has 0 atom stereocenters. The third-order valence-corrected chi connectivity index (χ3v) is 3.39. The quantitative estimate of drug-likeness (QED) is 0.610. The van der Waals surface area contributed by atoms with E-state index in [1.165, 1.54) is 36.4 Å². The number of hydrogen-bond acceptors (Lipinski definition) is 5. The zero-order chi connectivity index (χ0) is 17.7. The van der Waals surface area contributed by atoms with Crippen molar-refractivity contribution in [3.63, 3.8) is 0 Å². The van der Waals surface area contributed by atoms with Crippen LogP contribution in [0.1, 0.15) is 43.7 Å². The zero-order valence-corrected chi connectivity index (χ0v) is 12.4. The highest BCUT2D eigenvalue weighted by molar-refractivity contribution is 6.04. The van der Waals surface area contributed by atoms with Crippen LogP contribution in [0.3, 0.4) is 0 Å². The first-order chi connectivity index (χ1) is 11.4. The minimum Gasteiger partial charge on any atom is -0.478 e. The van der Waals surface area contributed by atoms with E-state index < -0.39 is 18.2 Å². The Balaban J connectivity index is 2.18. The predicted octanol–water partition coefficient (Wildman–Crippen LogP) is 1.17. The number of aliphatic hydroxyl groups excluding tert-OH is 1. The van der Waals surface area contributed by atoms with Gasteiger partial charge in [0.1, 0.15) is 0 Å².